The molecular formula is C19H32N6O. The average molecular weight is 361 g/mol. The lowest BCUT2D eigenvalue weighted by molar-refractivity contribution is -0.0530. The number of nitrogens with one attached hydrogen (secondary N) is 2. The summed E-state index contributed by atoms with van der Waals surface area (Å²) >= 11 is 0. The van der Waals surface area contributed by atoms with Crippen molar-refractivity contribution in [3.63, 3.8) is 0 Å². The molecule has 4 bridgehead atoms. The fourth-order valence-corrected chi connectivity index (χ4v) is 5.88. The standard InChI is InChI=1S/C19H32N6O/c1-11(2)16(17-24-22-10-25(17)3)23-18(26)21-9-19(20)14-5-12-4-13(7-14)8-15(19)6-12/h10-16H,4-9,20H2,1-3H3,(H2,21,23,26). The van der Waals surface area contributed by atoms with Gasteiger partial charge in [0.15, 0.2) is 5.82 Å². The third-order valence-corrected chi connectivity index (χ3v) is 7.19. The van der Waals surface area contributed by atoms with E-state index in [1.165, 1.54) is 32.1 Å². The zero-order valence-electron chi connectivity index (χ0n) is 16.1. The second-order valence-corrected chi connectivity index (χ2v) is 9.27. The van der Waals surface area contributed by atoms with E-state index in [1.54, 1.807) is 6.33 Å². The number of urea groups is 1. The predicted molar refractivity (Wildman–Crippen MR) is 99.1 cm³/mol. The first-order chi connectivity index (χ1) is 12.4. The summed E-state index contributed by atoms with van der Waals surface area (Å²) in [4.78, 5) is 12.6. The number of carbonyl (C=O) groups is 1. The maximum Gasteiger partial charge on any atom is 0.315 e. The molecule has 4 saturated carbocycles. The summed E-state index contributed by atoms with van der Waals surface area (Å²) in [6.07, 6.45) is 8.07. The molecule has 144 valence electrons. The number of nitrogens with two attached hydrogens (primary N) is 1. The van der Waals surface area contributed by atoms with Crippen LogP contribution < -0.4 is 16.4 Å². The van der Waals surface area contributed by atoms with Gasteiger partial charge in [0.05, 0.1) is 6.04 Å². The minimum absolute atomic E-state index is 0.162. The van der Waals surface area contributed by atoms with Crippen molar-refractivity contribution in [3.05, 3.63) is 12.2 Å². The Kier molecular flexibility index (Phi) is 4.45. The summed E-state index contributed by atoms with van der Waals surface area (Å²) in [5.74, 6) is 3.88. The van der Waals surface area contributed by atoms with Gasteiger partial charge in [0.2, 0.25) is 0 Å². The fraction of sp³-hybridized carbons (Fsp3) is 0.842. The molecule has 0 spiro atoms. The number of hydrogen-bond donors (Lipinski definition) is 3. The van der Waals surface area contributed by atoms with Crippen LogP contribution in [0.5, 0.6) is 0 Å². The van der Waals surface area contributed by atoms with Crippen molar-refractivity contribution in [1.82, 2.24) is 25.4 Å². The summed E-state index contributed by atoms with van der Waals surface area (Å²) in [6, 6.07) is -0.333. The maximum atomic E-state index is 12.6. The van der Waals surface area contributed by atoms with Gasteiger partial charge in [-0.3, -0.25) is 0 Å². The number of carbonyl (C=O) groups excluding carboxylic acids is 1. The van der Waals surface area contributed by atoms with Crippen molar-refractivity contribution in [2.24, 2.45) is 42.4 Å². The van der Waals surface area contributed by atoms with E-state index in [4.69, 9.17) is 5.73 Å². The Morgan fingerprint density at radius 3 is 2.38 bits per heavy atom. The van der Waals surface area contributed by atoms with Crippen LogP contribution in [-0.2, 0) is 7.05 Å². The molecule has 0 aliphatic heterocycles. The normalized spacial score (nSPS) is 36.3. The van der Waals surface area contributed by atoms with Gasteiger partial charge >= 0.3 is 6.03 Å². The number of amides is 2. The third kappa shape index (κ3) is 3.00. The highest BCUT2D eigenvalue weighted by atomic mass is 16.2. The Bertz CT molecular complexity index is 641. The van der Waals surface area contributed by atoms with Crippen LogP contribution in [0.25, 0.3) is 0 Å². The van der Waals surface area contributed by atoms with E-state index in [9.17, 15) is 4.79 Å². The number of rotatable bonds is 5. The SMILES string of the molecule is CC(C)C(NC(=O)NCC1(N)C2CC3CC(C2)CC1C3)c1nncn1C. The molecule has 0 aromatic carbocycles. The van der Waals surface area contributed by atoms with Crippen LogP contribution >= 0.6 is 0 Å². The lowest BCUT2D eigenvalue weighted by atomic mass is 9.49. The van der Waals surface area contributed by atoms with Gasteiger partial charge in [-0.25, -0.2) is 4.79 Å². The van der Waals surface area contributed by atoms with Crippen LogP contribution in [0.2, 0.25) is 0 Å². The van der Waals surface area contributed by atoms with Gasteiger partial charge in [-0.15, -0.1) is 10.2 Å². The zero-order chi connectivity index (χ0) is 18.5. The van der Waals surface area contributed by atoms with Crippen LogP contribution in [0.1, 0.15) is 57.8 Å². The topological polar surface area (TPSA) is 97.9 Å². The smallest absolute Gasteiger partial charge is 0.315 e. The number of aromatic nitrogens is 3. The minimum Gasteiger partial charge on any atom is -0.336 e. The van der Waals surface area contributed by atoms with Crippen molar-refractivity contribution in [3.8, 4) is 0 Å². The molecule has 1 atom stereocenters. The molecule has 7 nitrogen and oxygen atoms in total. The van der Waals surface area contributed by atoms with E-state index in [2.05, 4.69) is 34.7 Å². The first-order valence-electron chi connectivity index (χ1n) is 10.0. The molecule has 5 rings (SSSR count). The van der Waals surface area contributed by atoms with Gasteiger partial charge in [-0.2, -0.15) is 0 Å². The summed E-state index contributed by atoms with van der Waals surface area (Å²) in [6.45, 7) is 4.71. The quantitative estimate of drug-likeness (QED) is 0.748. The summed E-state index contributed by atoms with van der Waals surface area (Å²) < 4.78 is 1.85. The molecule has 4 aliphatic rings. The number of nitrogens with zero attached hydrogens (tertiary/aromatic N) is 3. The van der Waals surface area contributed by atoms with Gasteiger partial charge in [-0.05, 0) is 61.7 Å². The molecule has 7 heteroatoms. The molecule has 1 aromatic rings. The lowest BCUT2D eigenvalue weighted by Crippen LogP contribution is -2.67. The Labute approximate surface area is 155 Å². The van der Waals surface area contributed by atoms with Crippen molar-refractivity contribution in [1.29, 1.82) is 0 Å². The van der Waals surface area contributed by atoms with Crippen LogP contribution in [0.3, 0.4) is 0 Å². The third-order valence-electron chi connectivity index (χ3n) is 7.19. The van der Waals surface area contributed by atoms with E-state index in [0.29, 0.717) is 18.4 Å². The number of hydrogen-bond acceptors (Lipinski definition) is 4. The van der Waals surface area contributed by atoms with E-state index < -0.39 is 0 Å². The van der Waals surface area contributed by atoms with Crippen LogP contribution in [0, 0.1) is 29.6 Å². The van der Waals surface area contributed by atoms with Gasteiger partial charge in [0.1, 0.15) is 6.33 Å². The second kappa shape index (κ2) is 6.51. The molecule has 0 radical (unpaired) electrons. The largest absolute Gasteiger partial charge is 0.336 e. The lowest BCUT2D eigenvalue weighted by Gasteiger charge is -2.59. The van der Waals surface area contributed by atoms with Gasteiger partial charge in [0, 0.05) is 19.1 Å². The van der Waals surface area contributed by atoms with Gasteiger partial charge in [0.25, 0.3) is 0 Å². The van der Waals surface area contributed by atoms with Crippen molar-refractivity contribution in [2.45, 2.75) is 57.5 Å². The summed E-state index contributed by atoms with van der Waals surface area (Å²) in [5.41, 5.74) is 6.65. The second-order valence-electron chi connectivity index (χ2n) is 9.27. The zero-order valence-corrected chi connectivity index (χ0v) is 16.1. The van der Waals surface area contributed by atoms with Crippen LogP contribution in [0.15, 0.2) is 6.33 Å². The van der Waals surface area contributed by atoms with Crippen LogP contribution in [0.4, 0.5) is 4.79 Å². The highest BCUT2D eigenvalue weighted by Gasteiger charge is 2.55. The van der Waals surface area contributed by atoms with E-state index in [-0.39, 0.29) is 23.5 Å². The summed E-state index contributed by atoms with van der Waals surface area (Å²) in [7, 11) is 1.90. The molecule has 2 amide bonds. The Hall–Kier alpha value is -1.63. The molecular weight excluding hydrogens is 328 g/mol. The molecule has 4 aliphatic carbocycles. The van der Waals surface area contributed by atoms with Crippen molar-refractivity contribution >= 4 is 6.03 Å². The Morgan fingerprint density at radius 1 is 1.27 bits per heavy atom. The fourth-order valence-electron chi connectivity index (χ4n) is 5.88. The van der Waals surface area contributed by atoms with Gasteiger partial charge in [-0.1, -0.05) is 13.8 Å². The minimum atomic E-state index is -0.233. The Balaban J connectivity index is 1.38. The predicted octanol–water partition coefficient (Wildman–Crippen LogP) is 1.96. The highest BCUT2D eigenvalue weighted by Crippen LogP contribution is 2.57. The van der Waals surface area contributed by atoms with Crippen molar-refractivity contribution < 1.29 is 4.79 Å². The maximum absolute atomic E-state index is 12.6. The van der Waals surface area contributed by atoms with Gasteiger partial charge < -0.3 is 20.9 Å². The molecule has 4 fully saturated rings. The first kappa shape index (κ1) is 17.8. The van der Waals surface area contributed by atoms with E-state index in [1.807, 2.05) is 11.6 Å². The Morgan fingerprint density at radius 2 is 1.88 bits per heavy atom. The average Bonchev–Trinajstić information content (AvgIpc) is 3.00. The summed E-state index contributed by atoms with van der Waals surface area (Å²) in [5, 5.41) is 14.2. The van der Waals surface area contributed by atoms with Crippen LogP contribution in [-0.4, -0.2) is 32.9 Å². The molecule has 0 saturated heterocycles. The van der Waals surface area contributed by atoms with E-state index >= 15 is 0 Å². The molecule has 1 aromatic heterocycles. The monoisotopic (exact) mass is 360 g/mol. The number of aryl methyl sites for hydroxylation is 1. The molecule has 26 heavy (non-hydrogen) atoms. The molecule has 4 N–H and O–H groups in total. The first-order valence-corrected chi connectivity index (χ1v) is 10.0. The molecule has 1 unspecified atom stereocenters. The van der Waals surface area contributed by atoms with E-state index in [0.717, 1.165) is 17.7 Å². The molecule has 1 heterocycles. The van der Waals surface area contributed by atoms with Crippen molar-refractivity contribution in [2.75, 3.05) is 6.54 Å². The highest BCUT2D eigenvalue weighted by molar-refractivity contribution is 5.74.